The van der Waals surface area contributed by atoms with Crippen LogP contribution in [0.1, 0.15) is 47.5 Å². The van der Waals surface area contributed by atoms with Gasteiger partial charge in [-0.3, -0.25) is 19.4 Å². The Bertz CT molecular complexity index is 2790. The Kier molecular flexibility index (Phi) is 18.4. The van der Waals surface area contributed by atoms with E-state index in [0.717, 1.165) is 45.1 Å². The zero-order valence-corrected chi connectivity index (χ0v) is 36.1. The van der Waals surface area contributed by atoms with Crippen LogP contribution in [-0.2, 0) is 41.6 Å². The van der Waals surface area contributed by atoms with Crippen molar-refractivity contribution in [3.8, 4) is 40.3 Å². The quantitative estimate of drug-likeness (QED) is 0.0969. The maximum Gasteiger partial charge on any atom is 0.373 e. The third kappa shape index (κ3) is 11.9. The van der Waals surface area contributed by atoms with E-state index in [2.05, 4.69) is 31.9 Å². The molecule has 0 saturated carbocycles. The highest BCUT2D eigenvalue weighted by atomic mass is 16.5. The number of nitrogens with two attached hydrogens (primary N) is 1. The Balaban J connectivity index is 0.000000250. The third-order valence-corrected chi connectivity index (χ3v) is 9.47. The number of anilines is 4. The fraction of sp³-hybridized carbons (Fsp3) is 0.191. The number of benzene rings is 4. The van der Waals surface area contributed by atoms with Crippen LogP contribution in [0.4, 0.5) is 23.0 Å². The van der Waals surface area contributed by atoms with E-state index in [1.54, 1.807) is 9.80 Å². The van der Waals surface area contributed by atoms with Crippen LogP contribution >= 0.6 is 0 Å². The summed E-state index contributed by atoms with van der Waals surface area (Å²) in [5.41, 5.74) is 6.65. The summed E-state index contributed by atoms with van der Waals surface area (Å²) >= 11 is 0. The average molecular weight is 894 g/mol. The van der Waals surface area contributed by atoms with Gasteiger partial charge in [-0.1, -0.05) is 24.3 Å². The number of aryl methyl sites for hydroxylation is 2. The van der Waals surface area contributed by atoms with Crippen molar-refractivity contribution in [2.45, 2.75) is 40.5 Å². The van der Waals surface area contributed by atoms with Gasteiger partial charge in [0.15, 0.2) is 11.6 Å². The van der Waals surface area contributed by atoms with Gasteiger partial charge in [0.2, 0.25) is 11.8 Å². The number of amides is 2. The highest BCUT2D eigenvalue weighted by Gasteiger charge is 2.36. The number of nitrogens with zero attached hydrogens (tertiary/aromatic N) is 7. The summed E-state index contributed by atoms with van der Waals surface area (Å²) in [4.78, 5) is 79.5. The van der Waals surface area contributed by atoms with E-state index in [1.165, 1.54) is 0 Å². The van der Waals surface area contributed by atoms with Gasteiger partial charge in [0.25, 0.3) is 0 Å². The standard InChI is InChI=1S/C23H22N4O3.C22H18N4O2.2CO2.H3NO/c1-3-30-17-9-7-15(8-10-17)22-25-21(19(24)13-28)18-12-20(29)27(23(18)26-22)16-6-4-5-14(2)11-16;1-3-28-17-9-7-15(8-10-17)21-24-19(13-23)18-12-20(27)26(22(18)25-21)16-6-4-5-14(2)11-16;2*2-1-3;1-2/h4-11,24,28H,3,12-13H2,1-2H3;4-11H,3,12H2,1-2H3;;;2H,1H2. The topological polar surface area (TPSA) is 293 Å². The number of aliphatic hydroxyl groups excluding tert-OH is 1. The van der Waals surface area contributed by atoms with E-state index >= 15 is 0 Å². The zero-order valence-electron chi connectivity index (χ0n) is 36.1. The molecule has 0 atom stereocenters. The summed E-state index contributed by atoms with van der Waals surface area (Å²) < 4.78 is 11.0. The molecule has 2 aliphatic heterocycles. The summed E-state index contributed by atoms with van der Waals surface area (Å²) in [5, 5.41) is 33.8. The highest BCUT2D eigenvalue weighted by Crippen LogP contribution is 2.39. The molecule has 8 rings (SSSR count). The minimum atomic E-state index is -0.467. The second kappa shape index (κ2) is 24.3. The van der Waals surface area contributed by atoms with Crippen LogP contribution in [0.5, 0.6) is 11.5 Å². The molecule has 66 heavy (non-hydrogen) atoms. The number of aliphatic hydroxyl groups is 1. The maximum absolute atomic E-state index is 12.9. The van der Waals surface area contributed by atoms with Gasteiger partial charge in [0.1, 0.15) is 34.9 Å². The lowest BCUT2D eigenvalue weighted by Gasteiger charge is -2.18. The number of hydrogen-bond donors (Lipinski definition) is 4. The van der Waals surface area contributed by atoms with Crippen molar-refractivity contribution in [2.75, 3.05) is 29.6 Å². The second-order valence-corrected chi connectivity index (χ2v) is 13.7. The number of carbonyl (C=O) groups is 2. The molecule has 0 saturated heterocycles. The number of nitrogens with one attached hydrogen (secondary N) is 1. The van der Waals surface area contributed by atoms with Crippen molar-refractivity contribution in [3.05, 3.63) is 131 Å². The van der Waals surface area contributed by atoms with E-state index in [-0.39, 0.29) is 48.4 Å². The molecule has 0 radical (unpaired) electrons. The van der Waals surface area contributed by atoms with Gasteiger partial charge in [0.05, 0.1) is 55.4 Å². The molecule has 0 bridgehead atoms. The molecule has 0 aliphatic carbocycles. The smallest absolute Gasteiger partial charge is 0.373 e. The van der Waals surface area contributed by atoms with Crippen molar-refractivity contribution in [3.63, 3.8) is 0 Å². The molecule has 2 aliphatic rings. The van der Waals surface area contributed by atoms with Gasteiger partial charge in [-0.15, -0.1) is 0 Å². The Morgan fingerprint density at radius 1 is 0.682 bits per heavy atom. The molecule has 2 amide bonds. The molecular weight excluding hydrogens is 851 g/mol. The molecule has 4 heterocycles. The minimum Gasteiger partial charge on any atom is -0.494 e. The summed E-state index contributed by atoms with van der Waals surface area (Å²) in [5.74, 6) is 6.47. The molecule has 0 fully saturated rings. The average Bonchev–Trinajstić information content (AvgIpc) is 3.85. The number of hydrogen-bond acceptors (Lipinski definition) is 17. The van der Waals surface area contributed by atoms with E-state index in [9.17, 15) is 20.0 Å². The first-order chi connectivity index (χ1) is 31.9. The van der Waals surface area contributed by atoms with E-state index in [4.69, 9.17) is 39.3 Å². The Morgan fingerprint density at radius 3 is 1.48 bits per heavy atom. The molecule has 5 N–H and O–H groups in total. The van der Waals surface area contributed by atoms with Gasteiger partial charge in [-0.05, 0) is 112 Å². The predicted molar refractivity (Wildman–Crippen MR) is 236 cm³/mol. The van der Waals surface area contributed by atoms with Crippen LogP contribution in [-0.4, -0.2) is 79.9 Å². The van der Waals surface area contributed by atoms with Crippen molar-refractivity contribution < 1.29 is 48.6 Å². The number of rotatable bonds is 10. The fourth-order valence-electron chi connectivity index (χ4n) is 6.81. The summed E-state index contributed by atoms with van der Waals surface area (Å²) in [7, 11) is 0. The van der Waals surface area contributed by atoms with Crippen LogP contribution in [0.3, 0.4) is 0 Å². The Labute approximate surface area is 378 Å². The fourth-order valence-corrected chi connectivity index (χ4v) is 6.81. The summed E-state index contributed by atoms with van der Waals surface area (Å²) in [6.07, 6.45) is 0.709. The van der Waals surface area contributed by atoms with Crippen molar-refractivity contribution >= 4 is 52.8 Å². The van der Waals surface area contributed by atoms with Crippen molar-refractivity contribution in [1.29, 1.82) is 10.7 Å². The van der Waals surface area contributed by atoms with Gasteiger partial charge in [-0.2, -0.15) is 24.4 Å². The van der Waals surface area contributed by atoms with Crippen LogP contribution in [0, 0.1) is 30.6 Å². The van der Waals surface area contributed by atoms with Gasteiger partial charge < -0.3 is 25.2 Å². The number of fused-ring (bicyclic) bond motifs is 2. The van der Waals surface area contributed by atoms with E-state index < -0.39 is 6.61 Å². The van der Waals surface area contributed by atoms with Gasteiger partial charge >= 0.3 is 12.3 Å². The molecule has 19 nitrogen and oxygen atoms in total. The Morgan fingerprint density at radius 2 is 1.09 bits per heavy atom. The molecule has 4 aromatic carbocycles. The number of nitriles is 1. The molecular formula is C47H43N9O10. The predicted octanol–water partition coefficient (Wildman–Crippen LogP) is 5.54. The van der Waals surface area contributed by atoms with Gasteiger partial charge in [0, 0.05) is 22.3 Å². The molecule has 336 valence electrons. The molecule has 0 unspecified atom stereocenters. The first-order valence-corrected chi connectivity index (χ1v) is 19.9. The minimum absolute atomic E-state index is 0.0419. The van der Waals surface area contributed by atoms with Crippen molar-refractivity contribution in [1.82, 2.24) is 19.9 Å². The molecule has 2 aromatic heterocycles. The van der Waals surface area contributed by atoms with Crippen molar-refractivity contribution in [2.24, 2.45) is 5.90 Å². The zero-order chi connectivity index (χ0) is 48.3. The summed E-state index contributed by atoms with van der Waals surface area (Å²) in [6.45, 7) is 8.46. The molecule has 19 heteroatoms. The largest absolute Gasteiger partial charge is 0.494 e. The van der Waals surface area contributed by atoms with Crippen LogP contribution in [0.15, 0.2) is 97.1 Å². The number of ether oxygens (including phenoxy) is 2. The first kappa shape index (κ1) is 50.0. The van der Waals surface area contributed by atoms with E-state index in [0.29, 0.717) is 53.3 Å². The lowest BCUT2D eigenvalue weighted by Crippen LogP contribution is -2.21. The van der Waals surface area contributed by atoms with Crippen LogP contribution < -0.4 is 25.2 Å². The van der Waals surface area contributed by atoms with Gasteiger partial charge in [-0.25, -0.2) is 25.8 Å². The lowest BCUT2D eigenvalue weighted by atomic mass is 10.1. The Hall–Kier alpha value is -8.62. The lowest BCUT2D eigenvalue weighted by molar-refractivity contribution is -0.193. The normalized spacial score (nSPS) is 11.5. The SMILES string of the molecule is CCOc1ccc(-c2nc(C#N)c3c(n2)N(c2cccc(C)c2)C(=O)C3)cc1.CCOc1ccc(-c2nc(C(=N)CO)c3c(n2)N(c2cccc(C)c2)C(=O)C3)cc1.NO.O=C=O.O=C=O. The van der Waals surface area contributed by atoms with Crippen LogP contribution in [0.25, 0.3) is 22.8 Å². The monoisotopic (exact) mass is 893 g/mol. The molecule has 6 aromatic rings. The second-order valence-electron chi connectivity index (χ2n) is 13.7. The number of carbonyl (C=O) groups excluding carboxylic acids is 6. The maximum atomic E-state index is 12.9. The third-order valence-electron chi connectivity index (χ3n) is 9.47. The molecule has 0 spiro atoms. The highest BCUT2D eigenvalue weighted by molar-refractivity contribution is 6.11. The first-order valence-electron chi connectivity index (χ1n) is 19.9. The van der Waals surface area contributed by atoms with Crippen LogP contribution in [0.2, 0.25) is 0 Å². The summed E-state index contributed by atoms with van der Waals surface area (Å²) in [6, 6.07) is 32.1. The number of aromatic nitrogens is 4. The van der Waals surface area contributed by atoms with E-state index in [1.807, 2.05) is 125 Å².